The van der Waals surface area contributed by atoms with Crippen LogP contribution in [-0.4, -0.2) is 45.5 Å². The molecule has 0 unspecified atom stereocenters. The Hall–Kier alpha value is -2.77. The first kappa shape index (κ1) is 17.1. The van der Waals surface area contributed by atoms with E-state index in [9.17, 15) is 9.59 Å². The summed E-state index contributed by atoms with van der Waals surface area (Å²) >= 11 is 0. The number of aryl methyl sites for hydroxylation is 1. The van der Waals surface area contributed by atoms with Gasteiger partial charge in [-0.05, 0) is 43.9 Å². The van der Waals surface area contributed by atoms with Crippen LogP contribution < -0.4 is 15.8 Å². The minimum atomic E-state index is -0.258. The fraction of sp³-hybridized carbons (Fsp3) is 0.471. The van der Waals surface area contributed by atoms with Crippen molar-refractivity contribution in [3.05, 3.63) is 46.5 Å². The van der Waals surface area contributed by atoms with E-state index < -0.39 is 0 Å². The Morgan fingerprint density at radius 2 is 1.96 bits per heavy atom. The normalized spacial score (nSPS) is 14.3. The van der Waals surface area contributed by atoms with Gasteiger partial charge in [-0.25, -0.2) is 4.68 Å². The maximum Gasteiger partial charge on any atom is 0.271 e. The number of anilines is 1. The zero-order chi connectivity index (χ0) is 17.5. The average Bonchev–Trinajstić information content (AvgIpc) is 2.67. The molecule has 3 heterocycles. The second-order valence-electron chi connectivity index (χ2n) is 6.02. The largest absolute Gasteiger partial charge is 0.355 e. The van der Waals surface area contributed by atoms with Crippen molar-refractivity contribution in [1.29, 1.82) is 0 Å². The fourth-order valence-electron chi connectivity index (χ4n) is 2.81. The van der Waals surface area contributed by atoms with Crippen LogP contribution in [0.1, 0.15) is 36.2 Å². The molecular formula is C17H22N6O2. The van der Waals surface area contributed by atoms with Crippen LogP contribution in [0.25, 0.3) is 0 Å². The molecule has 0 aliphatic carbocycles. The van der Waals surface area contributed by atoms with Gasteiger partial charge >= 0.3 is 0 Å². The van der Waals surface area contributed by atoms with Crippen LogP contribution >= 0.6 is 0 Å². The van der Waals surface area contributed by atoms with E-state index in [-0.39, 0.29) is 11.5 Å². The molecule has 0 bridgehead atoms. The van der Waals surface area contributed by atoms with Crippen molar-refractivity contribution >= 4 is 11.7 Å². The molecule has 3 rings (SSSR count). The highest BCUT2D eigenvalue weighted by atomic mass is 16.2. The second kappa shape index (κ2) is 8.36. The summed E-state index contributed by atoms with van der Waals surface area (Å²) < 4.78 is 1.37. The van der Waals surface area contributed by atoms with E-state index in [1.54, 1.807) is 18.3 Å². The molecule has 132 valence electrons. The third-order valence-corrected chi connectivity index (χ3v) is 4.18. The van der Waals surface area contributed by atoms with Gasteiger partial charge in [-0.3, -0.25) is 9.59 Å². The van der Waals surface area contributed by atoms with E-state index in [0.717, 1.165) is 18.9 Å². The minimum absolute atomic E-state index is 0.145. The summed E-state index contributed by atoms with van der Waals surface area (Å²) in [5.74, 6) is 0.567. The molecule has 1 N–H and O–H groups in total. The smallest absolute Gasteiger partial charge is 0.271 e. The Labute approximate surface area is 145 Å². The standard InChI is InChI=1S/C17H22N6O2/c24-16-6-4-10-19-23(16)13-5-9-18-17(25)14-7-8-15(21-20-14)22-11-2-1-3-12-22/h4,6-8,10H,1-3,5,9,11-13H2,(H,18,25). The summed E-state index contributed by atoms with van der Waals surface area (Å²) in [6.45, 7) is 2.89. The highest BCUT2D eigenvalue weighted by Gasteiger charge is 2.14. The van der Waals surface area contributed by atoms with Gasteiger partial charge < -0.3 is 10.2 Å². The van der Waals surface area contributed by atoms with Crippen molar-refractivity contribution in [1.82, 2.24) is 25.3 Å². The van der Waals surface area contributed by atoms with Gasteiger partial charge in [0.25, 0.3) is 11.5 Å². The SMILES string of the molecule is O=C(NCCCn1ncccc1=O)c1ccc(N2CCCCC2)nn1. The maximum atomic E-state index is 12.1. The molecule has 1 saturated heterocycles. The zero-order valence-corrected chi connectivity index (χ0v) is 14.1. The Balaban J connectivity index is 1.46. The molecule has 1 aliphatic rings. The number of rotatable bonds is 6. The van der Waals surface area contributed by atoms with Gasteiger partial charge in [0.2, 0.25) is 0 Å². The van der Waals surface area contributed by atoms with Crippen molar-refractivity contribution in [2.45, 2.75) is 32.2 Å². The molecule has 2 aromatic heterocycles. The lowest BCUT2D eigenvalue weighted by molar-refractivity contribution is 0.0946. The number of nitrogens with one attached hydrogen (secondary N) is 1. The van der Waals surface area contributed by atoms with E-state index in [1.807, 2.05) is 6.07 Å². The third kappa shape index (κ3) is 4.62. The van der Waals surface area contributed by atoms with Gasteiger partial charge in [0.05, 0.1) is 0 Å². The first-order valence-corrected chi connectivity index (χ1v) is 8.63. The summed E-state index contributed by atoms with van der Waals surface area (Å²) in [4.78, 5) is 25.8. The average molecular weight is 342 g/mol. The lowest BCUT2D eigenvalue weighted by atomic mass is 10.1. The molecule has 0 saturated carbocycles. The van der Waals surface area contributed by atoms with Gasteiger partial charge in [0.15, 0.2) is 11.5 Å². The van der Waals surface area contributed by atoms with E-state index in [1.165, 1.54) is 30.0 Å². The highest BCUT2D eigenvalue weighted by molar-refractivity contribution is 5.92. The Kier molecular flexibility index (Phi) is 5.71. The van der Waals surface area contributed by atoms with Crippen LogP contribution in [0.3, 0.4) is 0 Å². The Morgan fingerprint density at radius 3 is 2.68 bits per heavy atom. The number of carbonyl (C=O) groups excluding carboxylic acids is 1. The van der Waals surface area contributed by atoms with Crippen LogP contribution in [0.5, 0.6) is 0 Å². The van der Waals surface area contributed by atoms with Crippen LogP contribution in [0.4, 0.5) is 5.82 Å². The van der Waals surface area contributed by atoms with E-state index in [2.05, 4.69) is 25.5 Å². The quantitative estimate of drug-likeness (QED) is 0.782. The van der Waals surface area contributed by atoms with Gasteiger partial charge in [-0.2, -0.15) is 5.10 Å². The molecule has 0 spiro atoms. The molecule has 8 nitrogen and oxygen atoms in total. The van der Waals surface area contributed by atoms with Crippen molar-refractivity contribution in [3.8, 4) is 0 Å². The van der Waals surface area contributed by atoms with Crippen molar-refractivity contribution < 1.29 is 4.79 Å². The predicted octanol–water partition coefficient (Wildman–Crippen LogP) is 0.844. The lowest BCUT2D eigenvalue weighted by Gasteiger charge is -2.27. The molecular weight excluding hydrogens is 320 g/mol. The Morgan fingerprint density at radius 1 is 1.12 bits per heavy atom. The summed E-state index contributed by atoms with van der Waals surface area (Å²) in [5.41, 5.74) is 0.156. The number of piperidine rings is 1. The number of hydrogen-bond donors (Lipinski definition) is 1. The Bertz CT molecular complexity index is 752. The monoisotopic (exact) mass is 342 g/mol. The number of aromatic nitrogens is 4. The molecule has 1 fully saturated rings. The van der Waals surface area contributed by atoms with Crippen LogP contribution in [0.15, 0.2) is 35.3 Å². The third-order valence-electron chi connectivity index (χ3n) is 4.18. The van der Waals surface area contributed by atoms with Crippen LogP contribution in [-0.2, 0) is 6.54 Å². The predicted molar refractivity (Wildman–Crippen MR) is 93.5 cm³/mol. The van der Waals surface area contributed by atoms with Crippen molar-refractivity contribution in [2.24, 2.45) is 0 Å². The summed E-state index contributed by atoms with van der Waals surface area (Å²) in [6, 6.07) is 6.62. The van der Waals surface area contributed by atoms with Crippen molar-refractivity contribution in [3.63, 3.8) is 0 Å². The second-order valence-corrected chi connectivity index (χ2v) is 6.02. The first-order valence-electron chi connectivity index (χ1n) is 8.63. The van der Waals surface area contributed by atoms with Gasteiger partial charge in [0.1, 0.15) is 0 Å². The summed E-state index contributed by atoms with van der Waals surface area (Å²) in [6.07, 6.45) is 5.78. The molecule has 1 aliphatic heterocycles. The zero-order valence-electron chi connectivity index (χ0n) is 14.1. The van der Waals surface area contributed by atoms with Crippen LogP contribution in [0, 0.1) is 0 Å². The molecule has 8 heteroatoms. The number of amides is 1. The van der Waals surface area contributed by atoms with E-state index in [0.29, 0.717) is 25.2 Å². The molecule has 0 aromatic carbocycles. The highest BCUT2D eigenvalue weighted by Crippen LogP contribution is 2.16. The summed E-state index contributed by atoms with van der Waals surface area (Å²) in [7, 11) is 0. The number of hydrogen-bond acceptors (Lipinski definition) is 6. The summed E-state index contributed by atoms with van der Waals surface area (Å²) in [5, 5.41) is 15.0. The topological polar surface area (TPSA) is 93.0 Å². The molecule has 0 radical (unpaired) electrons. The van der Waals surface area contributed by atoms with Gasteiger partial charge in [0, 0.05) is 38.4 Å². The van der Waals surface area contributed by atoms with Gasteiger partial charge in [-0.1, -0.05) is 0 Å². The number of nitrogens with zero attached hydrogens (tertiary/aromatic N) is 5. The van der Waals surface area contributed by atoms with Crippen molar-refractivity contribution in [2.75, 3.05) is 24.5 Å². The molecule has 2 aromatic rings. The van der Waals surface area contributed by atoms with Gasteiger partial charge in [-0.15, -0.1) is 10.2 Å². The van der Waals surface area contributed by atoms with Crippen LogP contribution in [0.2, 0.25) is 0 Å². The first-order chi connectivity index (χ1) is 12.2. The number of carbonyl (C=O) groups is 1. The maximum absolute atomic E-state index is 12.1. The fourth-order valence-corrected chi connectivity index (χ4v) is 2.81. The van der Waals surface area contributed by atoms with E-state index in [4.69, 9.17) is 0 Å². The molecule has 1 amide bonds. The van der Waals surface area contributed by atoms with E-state index >= 15 is 0 Å². The lowest BCUT2D eigenvalue weighted by Crippen LogP contribution is -2.31. The molecule has 25 heavy (non-hydrogen) atoms. The molecule has 0 atom stereocenters. The minimum Gasteiger partial charge on any atom is -0.355 e.